The SMILES string of the molecule is Cc1ccc(-n2cc3c(N4CCC[C@H](C(=O)N[C@H](C)c5ccc(C)cc5C)C4)ncnc3n2)cc1. The minimum absolute atomic E-state index is 0.0306. The van der Waals surface area contributed by atoms with Crippen molar-refractivity contribution in [2.75, 3.05) is 18.0 Å². The van der Waals surface area contributed by atoms with E-state index in [2.05, 4.69) is 83.3 Å². The van der Waals surface area contributed by atoms with E-state index in [1.807, 2.05) is 23.0 Å². The Balaban J connectivity index is 1.34. The maximum absolute atomic E-state index is 13.2. The molecule has 0 spiro atoms. The first-order chi connectivity index (χ1) is 16.9. The van der Waals surface area contributed by atoms with Crippen LogP contribution in [0, 0.1) is 26.7 Å². The molecule has 2 aromatic heterocycles. The third-order valence-corrected chi connectivity index (χ3v) is 6.94. The van der Waals surface area contributed by atoms with Crippen molar-refractivity contribution >= 4 is 22.8 Å². The normalized spacial score (nSPS) is 16.9. The van der Waals surface area contributed by atoms with Crippen molar-refractivity contribution in [1.29, 1.82) is 0 Å². The van der Waals surface area contributed by atoms with Crippen LogP contribution in [0.4, 0.5) is 5.82 Å². The van der Waals surface area contributed by atoms with E-state index < -0.39 is 0 Å². The van der Waals surface area contributed by atoms with Crippen LogP contribution in [0.3, 0.4) is 0 Å². The maximum Gasteiger partial charge on any atom is 0.225 e. The quantitative estimate of drug-likeness (QED) is 0.454. The van der Waals surface area contributed by atoms with Crippen molar-refractivity contribution in [1.82, 2.24) is 25.1 Å². The summed E-state index contributed by atoms with van der Waals surface area (Å²) in [6.07, 6.45) is 5.36. The lowest BCUT2D eigenvalue weighted by Gasteiger charge is -2.33. The number of carbonyl (C=O) groups excluding carboxylic acids is 1. The molecule has 0 aliphatic carbocycles. The second-order valence-corrected chi connectivity index (χ2v) is 9.72. The molecule has 0 bridgehead atoms. The Morgan fingerprint density at radius 1 is 1.06 bits per heavy atom. The number of amides is 1. The number of nitrogens with zero attached hydrogens (tertiary/aromatic N) is 5. The topological polar surface area (TPSA) is 75.9 Å². The lowest BCUT2D eigenvalue weighted by atomic mass is 9.95. The molecule has 7 nitrogen and oxygen atoms in total. The highest BCUT2D eigenvalue weighted by Crippen LogP contribution is 2.28. The Morgan fingerprint density at radius 2 is 1.83 bits per heavy atom. The summed E-state index contributed by atoms with van der Waals surface area (Å²) in [5.41, 5.74) is 6.45. The van der Waals surface area contributed by atoms with E-state index in [0.717, 1.165) is 41.8 Å². The van der Waals surface area contributed by atoms with Crippen LogP contribution in [0.2, 0.25) is 0 Å². The number of aromatic nitrogens is 4. The number of piperidine rings is 1. The number of carbonyl (C=O) groups is 1. The summed E-state index contributed by atoms with van der Waals surface area (Å²) in [6, 6.07) is 14.6. The van der Waals surface area contributed by atoms with Gasteiger partial charge in [-0.1, -0.05) is 41.5 Å². The molecule has 0 saturated carbocycles. The third-order valence-electron chi connectivity index (χ3n) is 6.94. The summed E-state index contributed by atoms with van der Waals surface area (Å²) in [5.74, 6) is 0.852. The van der Waals surface area contributed by atoms with Gasteiger partial charge in [0.25, 0.3) is 0 Å². The summed E-state index contributed by atoms with van der Waals surface area (Å²) in [7, 11) is 0. The van der Waals surface area contributed by atoms with Crippen LogP contribution in [0.5, 0.6) is 0 Å². The van der Waals surface area contributed by atoms with Gasteiger partial charge in [-0.25, -0.2) is 14.6 Å². The lowest BCUT2D eigenvalue weighted by molar-refractivity contribution is -0.125. The summed E-state index contributed by atoms with van der Waals surface area (Å²) in [5, 5.41) is 8.82. The molecule has 3 heterocycles. The Labute approximate surface area is 206 Å². The van der Waals surface area contributed by atoms with Gasteiger partial charge in [0, 0.05) is 19.3 Å². The zero-order valence-corrected chi connectivity index (χ0v) is 20.8. The predicted molar refractivity (Wildman–Crippen MR) is 139 cm³/mol. The van der Waals surface area contributed by atoms with Gasteiger partial charge in [0.15, 0.2) is 5.65 Å². The fraction of sp³-hybridized carbons (Fsp3) is 0.357. The fourth-order valence-electron chi connectivity index (χ4n) is 5.01. The van der Waals surface area contributed by atoms with E-state index in [4.69, 9.17) is 0 Å². The zero-order chi connectivity index (χ0) is 24.5. The van der Waals surface area contributed by atoms with Gasteiger partial charge in [0.1, 0.15) is 12.1 Å². The first kappa shape index (κ1) is 23.0. The molecule has 35 heavy (non-hydrogen) atoms. The second kappa shape index (κ2) is 9.49. The van der Waals surface area contributed by atoms with Gasteiger partial charge in [-0.15, -0.1) is 5.10 Å². The smallest absolute Gasteiger partial charge is 0.225 e. The van der Waals surface area contributed by atoms with E-state index >= 15 is 0 Å². The molecule has 5 rings (SSSR count). The highest BCUT2D eigenvalue weighted by Gasteiger charge is 2.29. The Bertz CT molecular complexity index is 1360. The molecular weight excluding hydrogens is 436 g/mol. The minimum atomic E-state index is -0.0888. The molecule has 1 aliphatic heterocycles. The summed E-state index contributed by atoms with van der Waals surface area (Å²) >= 11 is 0. The number of hydrogen-bond donors (Lipinski definition) is 1. The van der Waals surface area contributed by atoms with E-state index in [1.165, 1.54) is 16.7 Å². The second-order valence-electron chi connectivity index (χ2n) is 9.72. The van der Waals surface area contributed by atoms with Crippen molar-refractivity contribution in [3.05, 3.63) is 77.2 Å². The number of aryl methyl sites for hydroxylation is 3. The Hall–Kier alpha value is -3.74. The number of nitrogens with one attached hydrogen (secondary N) is 1. The fourth-order valence-corrected chi connectivity index (χ4v) is 5.01. The molecule has 1 fully saturated rings. The van der Waals surface area contributed by atoms with Crippen LogP contribution >= 0.6 is 0 Å². The largest absolute Gasteiger partial charge is 0.355 e. The number of rotatable bonds is 5. The number of hydrogen-bond acceptors (Lipinski definition) is 5. The van der Waals surface area contributed by atoms with Gasteiger partial charge in [0.2, 0.25) is 5.91 Å². The van der Waals surface area contributed by atoms with Crippen LogP contribution in [0.15, 0.2) is 55.0 Å². The average Bonchev–Trinajstić information content (AvgIpc) is 3.29. The van der Waals surface area contributed by atoms with E-state index in [9.17, 15) is 4.79 Å². The first-order valence-corrected chi connectivity index (χ1v) is 12.3. The highest BCUT2D eigenvalue weighted by molar-refractivity contribution is 5.87. The lowest BCUT2D eigenvalue weighted by Crippen LogP contribution is -2.44. The van der Waals surface area contributed by atoms with Gasteiger partial charge in [-0.2, -0.15) is 0 Å². The minimum Gasteiger partial charge on any atom is -0.355 e. The molecule has 1 saturated heterocycles. The standard InChI is InChI=1S/C28H32N6O/c1-18-7-10-23(11-8-18)34-16-25-26(32-34)29-17-30-27(25)33-13-5-6-22(15-33)28(35)31-21(4)24-12-9-19(2)14-20(24)3/h7-12,14,16-17,21-22H,5-6,13,15H2,1-4H3,(H,31,35)/t21-,22+/m1/s1. The van der Waals surface area contributed by atoms with E-state index in [-0.39, 0.29) is 17.9 Å². The Kier molecular flexibility index (Phi) is 6.24. The average molecular weight is 469 g/mol. The van der Waals surface area contributed by atoms with Gasteiger partial charge in [-0.05, 0) is 63.8 Å². The number of benzene rings is 2. The van der Waals surface area contributed by atoms with Crippen molar-refractivity contribution in [3.8, 4) is 5.69 Å². The first-order valence-electron chi connectivity index (χ1n) is 12.3. The molecule has 180 valence electrons. The van der Waals surface area contributed by atoms with Gasteiger partial charge >= 0.3 is 0 Å². The van der Waals surface area contributed by atoms with Gasteiger partial charge < -0.3 is 10.2 Å². The van der Waals surface area contributed by atoms with Crippen LogP contribution in [-0.2, 0) is 4.79 Å². The van der Waals surface area contributed by atoms with Crippen molar-refractivity contribution in [2.24, 2.45) is 5.92 Å². The molecule has 1 aliphatic rings. The molecule has 0 unspecified atom stereocenters. The molecule has 4 aromatic rings. The van der Waals surface area contributed by atoms with E-state index in [1.54, 1.807) is 6.33 Å². The maximum atomic E-state index is 13.2. The predicted octanol–water partition coefficient (Wildman–Crippen LogP) is 4.83. The molecular formula is C28H32N6O. The van der Waals surface area contributed by atoms with Crippen LogP contribution in [0.1, 0.15) is 48.1 Å². The summed E-state index contributed by atoms with van der Waals surface area (Å²) < 4.78 is 1.85. The van der Waals surface area contributed by atoms with Crippen LogP contribution in [-0.4, -0.2) is 38.7 Å². The molecule has 1 N–H and O–H groups in total. The van der Waals surface area contributed by atoms with Gasteiger partial charge in [-0.3, -0.25) is 4.79 Å². The highest BCUT2D eigenvalue weighted by atomic mass is 16.2. The van der Waals surface area contributed by atoms with Crippen molar-refractivity contribution in [2.45, 2.75) is 46.6 Å². The number of anilines is 1. The molecule has 0 radical (unpaired) electrons. The summed E-state index contributed by atoms with van der Waals surface area (Å²) in [6.45, 7) is 9.81. The molecule has 2 aromatic carbocycles. The number of fused-ring (bicyclic) bond motifs is 1. The molecule has 7 heteroatoms. The molecule has 1 amide bonds. The monoisotopic (exact) mass is 468 g/mol. The van der Waals surface area contributed by atoms with Crippen LogP contribution in [0.25, 0.3) is 16.7 Å². The molecule has 2 atom stereocenters. The van der Waals surface area contributed by atoms with Crippen LogP contribution < -0.4 is 10.2 Å². The van der Waals surface area contributed by atoms with Gasteiger partial charge in [0.05, 0.1) is 23.0 Å². The third kappa shape index (κ3) is 4.76. The van der Waals surface area contributed by atoms with Crippen molar-refractivity contribution < 1.29 is 4.79 Å². The van der Waals surface area contributed by atoms with Crippen molar-refractivity contribution in [3.63, 3.8) is 0 Å². The Morgan fingerprint density at radius 3 is 2.60 bits per heavy atom. The zero-order valence-electron chi connectivity index (χ0n) is 20.8. The van der Waals surface area contributed by atoms with E-state index in [0.29, 0.717) is 12.2 Å². The summed E-state index contributed by atoms with van der Waals surface area (Å²) in [4.78, 5) is 24.4.